The minimum absolute atomic E-state index is 0.0743. The van der Waals surface area contributed by atoms with Gasteiger partial charge in [-0.25, -0.2) is 4.98 Å². The number of hydrogen-bond acceptors (Lipinski definition) is 6. The first kappa shape index (κ1) is 18.8. The number of nitro groups is 1. The number of amides is 1. The Morgan fingerprint density at radius 1 is 1.11 bits per heavy atom. The Labute approximate surface area is 161 Å². The van der Waals surface area contributed by atoms with E-state index in [1.165, 1.54) is 18.3 Å². The van der Waals surface area contributed by atoms with E-state index < -0.39 is 10.8 Å². The largest absolute Gasteiger partial charge is 0.368 e. The number of carbonyl (C=O) groups is 1. The molecule has 1 aromatic heterocycles. The fraction of sp³-hybridized carbons (Fsp3) is 0.100. The molecule has 3 rings (SSSR count). The molecule has 0 aliphatic rings. The number of nitrogens with zero attached hydrogens (tertiary/aromatic N) is 3. The van der Waals surface area contributed by atoms with Gasteiger partial charge in [-0.15, -0.1) is 0 Å². The van der Waals surface area contributed by atoms with Crippen LogP contribution < -0.4 is 16.0 Å². The van der Waals surface area contributed by atoms with Crippen molar-refractivity contribution in [3.05, 3.63) is 88.6 Å². The lowest BCUT2D eigenvalue weighted by atomic mass is 10.2. The van der Waals surface area contributed by atoms with Gasteiger partial charge in [0.25, 0.3) is 5.69 Å². The fourth-order valence-corrected chi connectivity index (χ4v) is 2.73. The molecule has 28 heavy (non-hydrogen) atoms. The Morgan fingerprint density at radius 2 is 1.89 bits per heavy atom. The third-order valence-electron chi connectivity index (χ3n) is 4.01. The molecule has 3 aromatic rings. The maximum absolute atomic E-state index is 11.5. The van der Waals surface area contributed by atoms with Crippen LogP contribution in [0.25, 0.3) is 0 Å². The van der Waals surface area contributed by atoms with Crippen molar-refractivity contribution in [1.29, 1.82) is 0 Å². The number of carbonyl (C=O) groups excluding carboxylic acids is 1. The van der Waals surface area contributed by atoms with Gasteiger partial charge in [0.15, 0.2) is 0 Å². The standard InChI is InChI=1S/C20H19N5O3/c21-19(26)14-24(13-15-5-2-1-3-6-15)17-8-4-7-16(11-17)23-20-10-9-18(12-22-20)25(27)28/h1-12H,13-14H2,(H2,21,26)(H,22,23). The van der Waals surface area contributed by atoms with Crippen LogP contribution in [0.4, 0.5) is 22.9 Å². The van der Waals surface area contributed by atoms with E-state index in [-0.39, 0.29) is 12.2 Å². The predicted octanol–water partition coefficient (Wildman–Crippen LogP) is 3.23. The number of aromatic nitrogens is 1. The van der Waals surface area contributed by atoms with E-state index in [1.807, 2.05) is 59.5 Å². The van der Waals surface area contributed by atoms with Gasteiger partial charge in [0, 0.05) is 24.0 Å². The molecule has 0 spiro atoms. The molecule has 0 saturated carbocycles. The van der Waals surface area contributed by atoms with Crippen molar-refractivity contribution < 1.29 is 9.72 Å². The van der Waals surface area contributed by atoms with Crippen molar-refractivity contribution in [3.63, 3.8) is 0 Å². The summed E-state index contributed by atoms with van der Waals surface area (Å²) in [5.74, 6) is 0.0542. The molecule has 1 heterocycles. The Kier molecular flexibility index (Phi) is 5.81. The minimum Gasteiger partial charge on any atom is -0.368 e. The van der Waals surface area contributed by atoms with Crippen LogP contribution in [0.15, 0.2) is 72.9 Å². The van der Waals surface area contributed by atoms with Gasteiger partial charge in [-0.2, -0.15) is 0 Å². The van der Waals surface area contributed by atoms with E-state index in [1.54, 1.807) is 0 Å². The van der Waals surface area contributed by atoms with E-state index in [9.17, 15) is 14.9 Å². The molecule has 0 bridgehead atoms. The van der Waals surface area contributed by atoms with Crippen LogP contribution in [0.5, 0.6) is 0 Å². The number of rotatable bonds is 8. The van der Waals surface area contributed by atoms with Crippen molar-refractivity contribution in [2.45, 2.75) is 6.54 Å². The molecule has 0 aliphatic carbocycles. The van der Waals surface area contributed by atoms with Crippen LogP contribution >= 0.6 is 0 Å². The number of hydrogen-bond donors (Lipinski definition) is 2. The second-order valence-electron chi connectivity index (χ2n) is 6.14. The van der Waals surface area contributed by atoms with Crippen LogP contribution in [0, 0.1) is 10.1 Å². The first-order chi connectivity index (χ1) is 13.5. The summed E-state index contributed by atoms with van der Waals surface area (Å²) >= 11 is 0. The van der Waals surface area contributed by atoms with E-state index in [0.717, 1.165) is 16.9 Å². The maximum atomic E-state index is 11.5. The lowest BCUT2D eigenvalue weighted by Crippen LogP contribution is -2.33. The predicted molar refractivity (Wildman–Crippen MR) is 107 cm³/mol. The zero-order chi connectivity index (χ0) is 19.9. The number of anilines is 3. The zero-order valence-electron chi connectivity index (χ0n) is 15.0. The normalized spacial score (nSPS) is 10.3. The number of nitrogens with two attached hydrogens (primary N) is 1. The van der Waals surface area contributed by atoms with Gasteiger partial charge < -0.3 is 16.0 Å². The summed E-state index contributed by atoms with van der Waals surface area (Å²) in [6.45, 7) is 0.608. The summed E-state index contributed by atoms with van der Waals surface area (Å²) in [4.78, 5) is 27.7. The molecule has 0 atom stereocenters. The summed E-state index contributed by atoms with van der Waals surface area (Å²) in [5, 5.41) is 13.8. The summed E-state index contributed by atoms with van der Waals surface area (Å²) in [7, 11) is 0. The van der Waals surface area contributed by atoms with Crippen molar-refractivity contribution in [1.82, 2.24) is 4.98 Å². The third-order valence-corrected chi connectivity index (χ3v) is 4.01. The quantitative estimate of drug-likeness (QED) is 0.460. The fourth-order valence-electron chi connectivity index (χ4n) is 2.73. The highest BCUT2D eigenvalue weighted by atomic mass is 16.6. The third kappa shape index (κ3) is 5.04. The monoisotopic (exact) mass is 377 g/mol. The molecule has 0 radical (unpaired) electrons. The van der Waals surface area contributed by atoms with Gasteiger partial charge in [0.2, 0.25) is 5.91 Å². The van der Waals surface area contributed by atoms with Gasteiger partial charge in [-0.3, -0.25) is 14.9 Å². The molecule has 2 aromatic carbocycles. The zero-order valence-corrected chi connectivity index (χ0v) is 15.0. The van der Waals surface area contributed by atoms with Gasteiger partial charge in [0.1, 0.15) is 12.0 Å². The summed E-state index contributed by atoms with van der Waals surface area (Å²) in [5.41, 5.74) is 7.96. The van der Waals surface area contributed by atoms with E-state index in [0.29, 0.717) is 12.4 Å². The van der Waals surface area contributed by atoms with Crippen molar-refractivity contribution in [2.24, 2.45) is 5.73 Å². The Bertz CT molecular complexity index is 961. The molecule has 0 unspecified atom stereocenters. The van der Waals surface area contributed by atoms with Crippen LogP contribution in [-0.2, 0) is 11.3 Å². The van der Waals surface area contributed by atoms with E-state index >= 15 is 0 Å². The molecular formula is C20H19N5O3. The molecule has 0 aliphatic heterocycles. The lowest BCUT2D eigenvalue weighted by Gasteiger charge is -2.24. The highest BCUT2D eigenvalue weighted by Gasteiger charge is 2.12. The molecule has 0 saturated heterocycles. The average molecular weight is 377 g/mol. The molecule has 8 heteroatoms. The van der Waals surface area contributed by atoms with Crippen LogP contribution in [-0.4, -0.2) is 22.4 Å². The summed E-state index contributed by atoms with van der Waals surface area (Å²) < 4.78 is 0. The summed E-state index contributed by atoms with van der Waals surface area (Å²) in [6.07, 6.45) is 1.20. The van der Waals surface area contributed by atoms with Gasteiger partial charge in [0.05, 0.1) is 11.5 Å². The lowest BCUT2D eigenvalue weighted by molar-refractivity contribution is -0.385. The second-order valence-corrected chi connectivity index (χ2v) is 6.14. The Morgan fingerprint density at radius 3 is 2.54 bits per heavy atom. The Balaban J connectivity index is 1.80. The van der Waals surface area contributed by atoms with Crippen molar-refractivity contribution >= 4 is 28.8 Å². The van der Waals surface area contributed by atoms with E-state index in [4.69, 9.17) is 5.73 Å². The highest BCUT2D eigenvalue weighted by Crippen LogP contribution is 2.24. The smallest absolute Gasteiger partial charge is 0.287 e. The molecule has 1 amide bonds. The van der Waals surface area contributed by atoms with E-state index in [2.05, 4.69) is 10.3 Å². The number of pyridine rings is 1. The van der Waals surface area contributed by atoms with Crippen LogP contribution in [0.1, 0.15) is 5.56 Å². The summed E-state index contributed by atoms with van der Waals surface area (Å²) in [6, 6.07) is 20.2. The van der Waals surface area contributed by atoms with Gasteiger partial charge in [-0.05, 0) is 29.8 Å². The highest BCUT2D eigenvalue weighted by molar-refractivity contribution is 5.80. The number of nitrogens with one attached hydrogen (secondary N) is 1. The Hall–Kier alpha value is -3.94. The first-order valence-electron chi connectivity index (χ1n) is 8.56. The minimum atomic E-state index is -0.497. The number of primary amides is 1. The molecule has 142 valence electrons. The topological polar surface area (TPSA) is 114 Å². The SMILES string of the molecule is NC(=O)CN(Cc1ccccc1)c1cccc(Nc2ccc([N+](=O)[O-])cn2)c1. The number of benzene rings is 2. The van der Waals surface area contributed by atoms with Crippen molar-refractivity contribution in [3.8, 4) is 0 Å². The second kappa shape index (κ2) is 8.63. The molecule has 3 N–H and O–H groups in total. The maximum Gasteiger partial charge on any atom is 0.287 e. The molecular weight excluding hydrogens is 358 g/mol. The van der Waals surface area contributed by atoms with Crippen LogP contribution in [0.3, 0.4) is 0 Å². The first-order valence-corrected chi connectivity index (χ1v) is 8.56. The van der Waals surface area contributed by atoms with Crippen LogP contribution in [0.2, 0.25) is 0 Å². The molecule has 0 fully saturated rings. The average Bonchev–Trinajstić information content (AvgIpc) is 2.68. The van der Waals surface area contributed by atoms with Crippen molar-refractivity contribution in [2.75, 3.05) is 16.8 Å². The molecule has 8 nitrogen and oxygen atoms in total. The van der Waals surface area contributed by atoms with Gasteiger partial charge in [-0.1, -0.05) is 36.4 Å². The van der Waals surface area contributed by atoms with Gasteiger partial charge >= 0.3 is 0 Å².